The summed E-state index contributed by atoms with van der Waals surface area (Å²) in [5.41, 5.74) is 5.63. The number of ether oxygens (including phenoxy) is 1. The maximum Gasteiger partial charge on any atom is 0.178 e. The molecule has 0 fully saturated rings. The zero-order valence-electron chi connectivity index (χ0n) is 7.51. The van der Waals surface area contributed by atoms with Crippen LogP contribution in [-0.2, 0) is 0 Å². The van der Waals surface area contributed by atoms with Crippen molar-refractivity contribution in [3.8, 4) is 5.75 Å². The number of hydrogen-bond acceptors (Lipinski definition) is 3. The summed E-state index contributed by atoms with van der Waals surface area (Å²) in [5, 5.41) is 0.369. The summed E-state index contributed by atoms with van der Waals surface area (Å²) in [4.78, 5) is 11.3. The molecule has 14 heavy (non-hydrogen) atoms. The van der Waals surface area contributed by atoms with E-state index in [1.165, 1.54) is 7.11 Å². The molecule has 0 radical (unpaired) electrons. The maximum atomic E-state index is 11.3. The molecule has 0 aromatic heterocycles. The number of Topliss-reactive ketones (excluding diaryl/α,β-unsaturated/α-hetero) is 1. The van der Waals surface area contributed by atoms with Crippen molar-refractivity contribution in [1.82, 2.24) is 0 Å². The number of benzene rings is 1. The van der Waals surface area contributed by atoms with Gasteiger partial charge in [0.05, 0.1) is 23.1 Å². The number of carbonyl (C=O) groups excluding carboxylic acids is 1. The Kier molecular flexibility index (Phi) is 3.92. The van der Waals surface area contributed by atoms with Crippen LogP contribution in [0.5, 0.6) is 5.75 Å². The Morgan fingerprint density at radius 2 is 2.29 bits per heavy atom. The highest BCUT2D eigenvalue weighted by molar-refractivity contribution is 9.10. The molecule has 0 unspecified atom stereocenters. The summed E-state index contributed by atoms with van der Waals surface area (Å²) in [6, 6.07) is 3.19. The van der Waals surface area contributed by atoms with Crippen LogP contribution in [0, 0.1) is 0 Å². The topological polar surface area (TPSA) is 52.3 Å². The SMILES string of the molecule is COc1cc(C(=O)CN)c(Cl)cc1Br. The fourth-order valence-electron chi connectivity index (χ4n) is 1.01. The van der Waals surface area contributed by atoms with E-state index < -0.39 is 0 Å². The first-order valence-corrected chi connectivity index (χ1v) is 5.03. The summed E-state index contributed by atoms with van der Waals surface area (Å²) in [6.07, 6.45) is 0. The number of hydrogen-bond donors (Lipinski definition) is 1. The highest BCUT2D eigenvalue weighted by Gasteiger charge is 2.12. The van der Waals surface area contributed by atoms with E-state index in [1.807, 2.05) is 0 Å². The quantitative estimate of drug-likeness (QED) is 0.863. The Bertz CT molecular complexity index is 368. The molecule has 0 saturated heterocycles. The predicted octanol–water partition coefficient (Wildman–Crippen LogP) is 2.25. The van der Waals surface area contributed by atoms with Gasteiger partial charge in [-0.2, -0.15) is 0 Å². The molecule has 3 nitrogen and oxygen atoms in total. The average molecular weight is 279 g/mol. The minimum absolute atomic E-state index is 0.0650. The summed E-state index contributed by atoms with van der Waals surface area (Å²) in [7, 11) is 1.52. The predicted molar refractivity (Wildman–Crippen MR) is 59.1 cm³/mol. The van der Waals surface area contributed by atoms with Crippen molar-refractivity contribution in [3.05, 3.63) is 27.2 Å². The standard InChI is InChI=1S/C9H9BrClNO2/c1-14-9-2-5(8(13)4-12)7(11)3-6(9)10/h2-3H,4,12H2,1H3. The van der Waals surface area contributed by atoms with E-state index >= 15 is 0 Å². The van der Waals surface area contributed by atoms with E-state index in [4.69, 9.17) is 22.1 Å². The van der Waals surface area contributed by atoms with Gasteiger partial charge in [0.2, 0.25) is 0 Å². The Balaban J connectivity index is 3.24. The first-order chi connectivity index (χ1) is 6.60. The molecular weight excluding hydrogens is 269 g/mol. The third-order valence-electron chi connectivity index (χ3n) is 1.73. The van der Waals surface area contributed by atoms with Crippen LogP contribution >= 0.6 is 27.5 Å². The van der Waals surface area contributed by atoms with Crippen molar-refractivity contribution in [3.63, 3.8) is 0 Å². The van der Waals surface area contributed by atoms with E-state index in [2.05, 4.69) is 15.9 Å². The molecule has 1 aromatic rings. The Labute approximate surface area is 95.3 Å². The normalized spacial score (nSPS) is 10.0. The number of nitrogens with two attached hydrogens (primary N) is 1. The van der Waals surface area contributed by atoms with Crippen molar-refractivity contribution in [2.45, 2.75) is 0 Å². The van der Waals surface area contributed by atoms with Crippen LogP contribution in [-0.4, -0.2) is 19.4 Å². The monoisotopic (exact) mass is 277 g/mol. The van der Waals surface area contributed by atoms with Crippen LogP contribution in [0.3, 0.4) is 0 Å². The summed E-state index contributed by atoms with van der Waals surface area (Å²) in [5.74, 6) is 0.354. The molecule has 0 amide bonds. The lowest BCUT2D eigenvalue weighted by Crippen LogP contribution is -2.14. The lowest BCUT2D eigenvalue weighted by molar-refractivity contribution is 0.100. The molecule has 5 heteroatoms. The van der Waals surface area contributed by atoms with Crippen LogP contribution in [0.15, 0.2) is 16.6 Å². The largest absolute Gasteiger partial charge is 0.496 e. The van der Waals surface area contributed by atoms with Gasteiger partial charge in [-0.1, -0.05) is 11.6 Å². The highest BCUT2D eigenvalue weighted by Crippen LogP contribution is 2.31. The van der Waals surface area contributed by atoms with Crippen molar-refractivity contribution in [2.24, 2.45) is 5.73 Å². The van der Waals surface area contributed by atoms with Gasteiger partial charge in [-0.3, -0.25) is 4.79 Å². The molecule has 0 bridgehead atoms. The van der Waals surface area contributed by atoms with Gasteiger partial charge in [0.15, 0.2) is 5.78 Å². The summed E-state index contributed by atoms with van der Waals surface area (Å²) < 4.78 is 5.74. The second kappa shape index (κ2) is 4.77. The van der Waals surface area contributed by atoms with Crippen LogP contribution in [0.4, 0.5) is 0 Å². The molecule has 0 heterocycles. The number of halogens is 2. The summed E-state index contributed by atoms with van der Waals surface area (Å²) in [6.45, 7) is -0.0650. The van der Waals surface area contributed by atoms with Crippen LogP contribution in [0.25, 0.3) is 0 Å². The molecule has 0 spiro atoms. The van der Waals surface area contributed by atoms with Gasteiger partial charge < -0.3 is 10.5 Å². The van der Waals surface area contributed by atoms with E-state index in [9.17, 15) is 4.79 Å². The first-order valence-electron chi connectivity index (χ1n) is 3.86. The Morgan fingerprint density at radius 3 is 2.79 bits per heavy atom. The van der Waals surface area contributed by atoms with Crippen molar-refractivity contribution >= 4 is 33.3 Å². The van der Waals surface area contributed by atoms with Gasteiger partial charge >= 0.3 is 0 Å². The molecule has 1 rings (SSSR count). The van der Waals surface area contributed by atoms with Crippen molar-refractivity contribution in [2.75, 3.05) is 13.7 Å². The third kappa shape index (κ3) is 2.26. The zero-order valence-corrected chi connectivity index (χ0v) is 9.85. The number of ketones is 1. The maximum absolute atomic E-state index is 11.3. The molecule has 0 aliphatic rings. The second-order valence-corrected chi connectivity index (χ2v) is 3.86. The molecule has 0 aliphatic heterocycles. The smallest absolute Gasteiger partial charge is 0.178 e. The molecule has 2 N–H and O–H groups in total. The van der Waals surface area contributed by atoms with Crippen LogP contribution in [0.2, 0.25) is 5.02 Å². The van der Waals surface area contributed by atoms with Crippen LogP contribution < -0.4 is 10.5 Å². The number of carbonyl (C=O) groups is 1. The van der Waals surface area contributed by atoms with Crippen LogP contribution in [0.1, 0.15) is 10.4 Å². The van der Waals surface area contributed by atoms with Gasteiger partial charge in [0.1, 0.15) is 5.75 Å². The Hall–Kier alpha value is -0.580. The lowest BCUT2D eigenvalue weighted by Gasteiger charge is -2.07. The molecule has 1 aromatic carbocycles. The van der Waals surface area contributed by atoms with Gasteiger partial charge in [-0.25, -0.2) is 0 Å². The van der Waals surface area contributed by atoms with E-state index in [0.29, 0.717) is 20.8 Å². The van der Waals surface area contributed by atoms with Gasteiger partial charge in [-0.15, -0.1) is 0 Å². The molecule has 0 aliphatic carbocycles. The average Bonchev–Trinajstić information content (AvgIpc) is 2.17. The number of rotatable bonds is 3. The molecule has 0 atom stereocenters. The minimum Gasteiger partial charge on any atom is -0.496 e. The van der Waals surface area contributed by atoms with E-state index in [-0.39, 0.29) is 12.3 Å². The second-order valence-electron chi connectivity index (χ2n) is 2.59. The third-order valence-corrected chi connectivity index (χ3v) is 2.66. The summed E-state index contributed by atoms with van der Waals surface area (Å²) >= 11 is 9.13. The lowest BCUT2D eigenvalue weighted by atomic mass is 10.1. The molecule has 0 saturated carbocycles. The van der Waals surface area contributed by atoms with E-state index in [1.54, 1.807) is 12.1 Å². The highest BCUT2D eigenvalue weighted by atomic mass is 79.9. The van der Waals surface area contributed by atoms with Crippen molar-refractivity contribution < 1.29 is 9.53 Å². The van der Waals surface area contributed by atoms with Gasteiger partial charge in [0.25, 0.3) is 0 Å². The Morgan fingerprint density at radius 1 is 1.64 bits per heavy atom. The van der Waals surface area contributed by atoms with Gasteiger partial charge in [0, 0.05) is 5.56 Å². The zero-order chi connectivity index (χ0) is 10.7. The molecule has 76 valence electrons. The first kappa shape index (κ1) is 11.5. The van der Waals surface area contributed by atoms with Gasteiger partial charge in [-0.05, 0) is 28.1 Å². The fourth-order valence-corrected chi connectivity index (χ4v) is 1.92. The van der Waals surface area contributed by atoms with E-state index in [0.717, 1.165) is 0 Å². The molecular formula is C9H9BrClNO2. The number of methoxy groups -OCH3 is 1. The fraction of sp³-hybridized carbons (Fsp3) is 0.222. The van der Waals surface area contributed by atoms with Crippen molar-refractivity contribution in [1.29, 1.82) is 0 Å². The minimum atomic E-state index is -0.208.